The van der Waals surface area contributed by atoms with E-state index >= 15 is 0 Å². The van der Waals surface area contributed by atoms with E-state index in [-0.39, 0.29) is 5.91 Å². The zero-order chi connectivity index (χ0) is 14.5. The number of carbonyl (C=O) groups excluding carboxylic acids is 1. The summed E-state index contributed by atoms with van der Waals surface area (Å²) in [6.07, 6.45) is 4.88. The molecule has 5 nitrogen and oxygen atoms in total. The van der Waals surface area contributed by atoms with E-state index in [1.165, 1.54) is 0 Å². The molecule has 1 amide bonds. The largest absolute Gasteiger partial charge is 0.289 e. The molecular formula is C16H12N4O. The third kappa shape index (κ3) is 3.09. The predicted octanol–water partition coefficient (Wildman–Crippen LogP) is 2.39. The van der Waals surface area contributed by atoms with Crippen molar-refractivity contribution < 1.29 is 4.79 Å². The van der Waals surface area contributed by atoms with Gasteiger partial charge in [-0.05, 0) is 29.8 Å². The summed E-state index contributed by atoms with van der Waals surface area (Å²) in [6.45, 7) is 0. The van der Waals surface area contributed by atoms with E-state index in [4.69, 9.17) is 0 Å². The summed E-state index contributed by atoms with van der Waals surface area (Å²) in [4.78, 5) is 20.2. The molecule has 0 aliphatic heterocycles. The van der Waals surface area contributed by atoms with Crippen LogP contribution in [0.15, 0.2) is 66.0 Å². The monoisotopic (exact) mass is 276 g/mol. The summed E-state index contributed by atoms with van der Waals surface area (Å²) in [5, 5.41) is 4.90. The summed E-state index contributed by atoms with van der Waals surface area (Å²) in [5.74, 6) is -0.342. The number of hydrogen-bond donors (Lipinski definition) is 1. The molecule has 5 heteroatoms. The molecule has 3 aromatic rings. The Bertz CT molecular complexity index is 799. The molecule has 0 aliphatic rings. The molecule has 0 spiro atoms. The number of para-hydroxylation sites is 1. The quantitative estimate of drug-likeness (QED) is 0.590. The SMILES string of the molecule is O=C(N/N=C/c1ccncc1)c1ccc2ccccc2n1. The van der Waals surface area contributed by atoms with E-state index in [0.717, 1.165) is 16.5 Å². The molecule has 1 N–H and O–H groups in total. The average Bonchev–Trinajstić information content (AvgIpc) is 2.55. The fraction of sp³-hybridized carbons (Fsp3) is 0. The van der Waals surface area contributed by atoms with E-state index < -0.39 is 0 Å². The van der Waals surface area contributed by atoms with Crippen LogP contribution in [0, 0.1) is 0 Å². The number of nitrogens with zero attached hydrogens (tertiary/aromatic N) is 3. The summed E-state index contributed by atoms with van der Waals surface area (Å²) in [5.41, 5.74) is 4.43. The van der Waals surface area contributed by atoms with Gasteiger partial charge in [-0.2, -0.15) is 5.10 Å². The first-order valence-electron chi connectivity index (χ1n) is 6.42. The van der Waals surface area contributed by atoms with E-state index in [2.05, 4.69) is 20.5 Å². The van der Waals surface area contributed by atoms with Crippen LogP contribution in [0.4, 0.5) is 0 Å². The third-order valence-corrected chi connectivity index (χ3v) is 2.92. The highest BCUT2D eigenvalue weighted by Gasteiger charge is 2.06. The van der Waals surface area contributed by atoms with Crippen molar-refractivity contribution in [2.24, 2.45) is 5.10 Å². The zero-order valence-corrected chi connectivity index (χ0v) is 11.1. The predicted molar refractivity (Wildman–Crippen MR) is 81.0 cm³/mol. The van der Waals surface area contributed by atoms with Crippen molar-refractivity contribution >= 4 is 23.0 Å². The van der Waals surface area contributed by atoms with Crippen LogP contribution in [0.3, 0.4) is 0 Å². The van der Waals surface area contributed by atoms with Gasteiger partial charge in [0.2, 0.25) is 0 Å². The summed E-state index contributed by atoms with van der Waals surface area (Å²) in [7, 11) is 0. The number of hydrazone groups is 1. The Morgan fingerprint density at radius 1 is 1.05 bits per heavy atom. The Morgan fingerprint density at radius 3 is 2.71 bits per heavy atom. The Balaban J connectivity index is 1.73. The molecular weight excluding hydrogens is 264 g/mol. The second kappa shape index (κ2) is 5.92. The van der Waals surface area contributed by atoms with Crippen molar-refractivity contribution in [3.8, 4) is 0 Å². The number of benzene rings is 1. The van der Waals surface area contributed by atoms with E-state index in [1.54, 1.807) is 36.8 Å². The van der Waals surface area contributed by atoms with Gasteiger partial charge in [-0.15, -0.1) is 0 Å². The minimum atomic E-state index is -0.342. The lowest BCUT2D eigenvalue weighted by molar-refractivity contribution is 0.0950. The van der Waals surface area contributed by atoms with Gasteiger partial charge in [0.25, 0.3) is 5.91 Å². The lowest BCUT2D eigenvalue weighted by Crippen LogP contribution is -2.18. The van der Waals surface area contributed by atoms with Crippen LogP contribution in [0.5, 0.6) is 0 Å². The van der Waals surface area contributed by atoms with Gasteiger partial charge in [-0.3, -0.25) is 9.78 Å². The maximum atomic E-state index is 12.0. The smallest absolute Gasteiger partial charge is 0.266 e. The van der Waals surface area contributed by atoms with Crippen molar-refractivity contribution in [1.82, 2.24) is 15.4 Å². The molecule has 0 atom stereocenters. The summed E-state index contributed by atoms with van der Waals surface area (Å²) in [6, 6.07) is 14.8. The molecule has 0 radical (unpaired) electrons. The molecule has 3 rings (SSSR count). The van der Waals surface area contributed by atoms with E-state index in [0.29, 0.717) is 5.69 Å². The van der Waals surface area contributed by atoms with Crippen molar-refractivity contribution in [3.63, 3.8) is 0 Å². The molecule has 0 unspecified atom stereocenters. The van der Waals surface area contributed by atoms with Gasteiger partial charge in [0.05, 0.1) is 11.7 Å². The maximum absolute atomic E-state index is 12.0. The highest BCUT2D eigenvalue weighted by Crippen LogP contribution is 2.11. The van der Waals surface area contributed by atoms with Gasteiger partial charge < -0.3 is 0 Å². The molecule has 2 aromatic heterocycles. The van der Waals surface area contributed by atoms with Gasteiger partial charge in [-0.1, -0.05) is 24.3 Å². The van der Waals surface area contributed by atoms with Crippen LogP contribution >= 0.6 is 0 Å². The topological polar surface area (TPSA) is 67.2 Å². The van der Waals surface area contributed by atoms with Crippen LogP contribution in [0.25, 0.3) is 10.9 Å². The van der Waals surface area contributed by atoms with Gasteiger partial charge >= 0.3 is 0 Å². The Kier molecular flexibility index (Phi) is 3.64. The highest BCUT2D eigenvalue weighted by atomic mass is 16.2. The number of amides is 1. The fourth-order valence-corrected chi connectivity index (χ4v) is 1.86. The number of nitrogens with one attached hydrogen (secondary N) is 1. The maximum Gasteiger partial charge on any atom is 0.289 e. The Hall–Kier alpha value is -3.08. The standard InChI is InChI=1S/C16H12N4O/c21-16(20-18-11-12-7-9-17-10-8-12)15-6-5-13-3-1-2-4-14(13)19-15/h1-11H,(H,20,21)/b18-11+. The normalized spacial score (nSPS) is 10.9. The van der Waals surface area contributed by atoms with Crippen LogP contribution in [-0.2, 0) is 0 Å². The number of aromatic nitrogens is 2. The first-order chi connectivity index (χ1) is 10.3. The van der Waals surface area contributed by atoms with E-state index in [1.807, 2.05) is 30.3 Å². The van der Waals surface area contributed by atoms with Crippen LogP contribution in [0.1, 0.15) is 16.1 Å². The lowest BCUT2D eigenvalue weighted by Gasteiger charge is -2.01. The second-order valence-electron chi connectivity index (χ2n) is 4.37. The molecule has 0 fully saturated rings. The van der Waals surface area contributed by atoms with Crippen molar-refractivity contribution in [2.45, 2.75) is 0 Å². The first-order valence-corrected chi connectivity index (χ1v) is 6.42. The molecule has 2 heterocycles. The molecule has 21 heavy (non-hydrogen) atoms. The van der Waals surface area contributed by atoms with E-state index in [9.17, 15) is 4.79 Å². The van der Waals surface area contributed by atoms with Gasteiger partial charge in [0.15, 0.2) is 0 Å². The minimum Gasteiger partial charge on any atom is -0.266 e. The number of carbonyl (C=O) groups is 1. The second-order valence-corrected chi connectivity index (χ2v) is 4.37. The highest BCUT2D eigenvalue weighted by molar-refractivity contribution is 5.95. The van der Waals surface area contributed by atoms with Gasteiger partial charge in [-0.25, -0.2) is 10.4 Å². The molecule has 0 bridgehead atoms. The number of fused-ring (bicyclic) bond motifs is 1. The number of hydrogen-bond acceptors (Lipinski definition) is 4. The summed E-state index contributed by atoms with van der Waals surface area (Å²) >= 11 is 0. The van der Waals surface area contributed by atoms with Crippen LogP contribution in [-0.4, -0.2) is 22.1 Å². The van der Waals surface area contributed by atoms with Gasteiger partial charge in [0, 0.05) is 17.8 Å². The molecule has 1 aromatic carbocycles. The fourth-order valence-electron chi connectivity index (χ4n) is 1.86. The molecule has 0 saturated carbocycles. The van der Waals surface area contributed by atoms with Crippen molar-refractivity contribution in [2.75, 3.05) is 0 Å². The van der Waals surface area contributed by atoms with Crippen LogP contribution < -0.4 is 5.43 Å². The zero-order valence-electron chi connectivity index (χ0n) is 11.1. The molecule has 0 saturated heterocycles. The lowest BCUT2D eigenvalue weighted by atomic mass is 10.2. The molecule has 0 aliphatic carbocycles. The van der Waals surface area contributed by atoms with Crippen LogP contribution in [0.2, 0.25) is 0 Å². The average molecular weight is 276 g/mol. The Labute approximate surface area is 121 Å². The Morgan fingerprint density at radius 2 is 1.86 bits per heavy atom. The third-order valence-electron chi connectivity index (χ3n) is 2.92. The first kappa shape index (κ1) is 12.9. The summed E-state index contributed by atoms with van der Waals surface area (Å²) < 4.78 is 0. The molecule has 102 valence electrons. The number of rotatable bonds is 3. The number of pyridine rings is 2. The van der Waals surface area contributed by atoms with Crippen molar-refractivity contribution in [1.29, 1.82) is 0 Å². The minimum absolute atomic E-state index is 0.334. The van der Waals surface area contributed by atoms with Crippen molar-refractivity contribution in [3.05, 3.63) is 72.2 Å². The van der Waals surface area contributed by atoms with Gasteiger partial charge in [0.1, 0.15) is 5.69 Å².